The minimum atomic E-state index is 0.661. The molecule has 0 atom stereocenters. The maximum absolute atomic E-state index is 2.36. The van der Waals surface area contributed by atoms with Crippen LogP contribution in [0.2, 0.25) is 5.32 Å². The van der Waals surface area contributed by atoms with Gasteiger partial charge in [-0.05, 0) is 0 Å². The molecular formula is C14H20SSe. The summed E-state index contributed by atoms with van der Waals surface area (Å²) in [6, 6.07) is 10.7. The van der Waals surface area contributed by atoms with Crippen molar-refractivity contribution in [2.45, 2.75) is 32.0 Å². The van der Waals surface area contributed by atoms with Gasteiger partial charge >= 0.3 is 110 Å². The van der Waals surface area contributed by atoms with Crippen LogP contribution in [-0.4, -0.2) is 20.7 Å². The number of benzene rings is 1. The molecule has 1 aromatic rings. The first kappa shape index (κ1) is 13.9. The molecule has 0 amide bonds. The van der Waals surface area contributed by atoms with E-state index in [9.17, 15) is 0 Å². The second-order valence-corrected chi connectivity index (χ2v) is 7.97. The van der Waals surface area contributed by atoms with Crippen molar-refractivity contribution in [3.63, 3.8) is 0 Å². The average Bonchev–Trinajstić information content (AvgIpc) is 2.31. The molecule has 0 aliphatic carbocycles. The monoisotopic (exact) mass is 300 g/mol. The average molecular weight is 299 g/mol. The summed E-state index contributed by atoms with van der Waals surface area (Å²) < 4.78 is 1.59. The summed E-state index contributed by atoms with van der Waals surface area (Å²) in [5, 5.41) is 1.30. The third-order valence-electron chi connectivity index (χ3n) is 2.11. The van der Waals surface area contributed by atoms with Gasteiger partial charge in [0, 0.05) is 0 Å². The summed E-state index contributed by atoms with van der Waals surface area (Å²) in [7, 11) is 0. The molecule has 0 saturated carbocycles. The molecular weight excluding hydrogens is 279 g/mol. The molecule has 0 aliphatic heterocycles. The van der Waals surface area contributed by atoms with E-state index in [1.807, 2.05) is 0 Å². The van der Waals surface area contributed by atoms with Gasteiger partial charge in [0.15, 0.2) is 0 Å². The van der Waals surface area contributed by atoms with Crippen molar-refractivity contribution in [2.75, 3.05) is 5.75 Å². The zero-order valence-electron chi connectivity index (χ0n) is 10.1. The van der Waals surface area contributed by atoms with Crippen molar-refractivity contribution in [3.05, 3.63) is 39.7 Å². The number of rotatable bonds is 7. The normalized spacial score (nSPS) is 11.8. The number of unbranched alkanes of at least 4 members (excludes halogenated alkanes) is 1. The van der Waals surface area contributed by atoms with E-state index in [1.54, 1.807) is 3.80 Å². The Labute approximate surface area is 110 Å². The van der Waals surface area contributed by atoms with Gasteiger partial charge in [-0.1, -0.05) is 0 Å². The molecule has 88 valence electrons. The van der Waals surface area contributed by atoms with Crippen LogP contribution in [0.25, 0.3) is 6.08 Å². The fourth-order valence-electron chi connectivity index (χ4n) is 1.27. The molecule has 2 heteroatoms. The Morgan fingerprint density at radius 2 is 2.00 bits per heavy atom. The Morgan fingerprint density at radius 1 is 1.25 bits per heavy atom. The molecule has 0 bridgehead atoms. The molecule has 0 aromatic heterocycles. The zero-order valence-corrected chi connectivity index (χ0v) is 12.6. The Bertz CT molecular complexity index is 306. The number of hydrogen-bond acceptors (Lipinski definition) is 1. The Morgan fingerprint density at radius 3 is 2.62 bits per heavy atom. The first-order chi connectivity index (χ1) is 7.86. The maximum atomic E-state index is 2.36. The molecule has 0 spiro atoms. The van der Waals surface area contributed by atoms with E-state index in [2.05, 4.69) is 62.0 Å². The third-order valence-corrected chi connectivity index (χ3v) is 5.81. The van der Waals surface area contributed by atoms with Crippen LogP contribution < -0.4 is 0 Å². The fourth-order valence-corrected chi connectivity index (χ4v) is 4.93. The summed E-state index contributed by atoms with van der Waals surface area (Å²) in [6.07, 6.45) is 4.99. The molecule has 0 saturated heterocycles. The van der Waals surface area contributed by atoms with Crippen molar-refractivity contribution < 1.29 is 0 Å². The van der Waals surface area contributed by atoms with E-state index in [4.69, 9.17) is 0 Å². The van der Waals surface area contributed by atoms with Gasteiger partial charge in [0.25, 0.3) is 0 Å². The van der Waals surface area contributed by atoms with E-state index in [0.717, 1.165) is 0 Å². The quantitative estimate of drug-likeness (QED) is 0.521. The Balaban J connectivity index is 2.58. The first-order valence-electron chi connectivity index (χ1n) is 5.89. The zero-order chi connectivity index (χ0) is 11.6. The third kappa shape index (κ3) is 5.79. The van der Waals surface area contributed by atoms with Gasteiger partial charge in [0.05, 0.1) is 0 Å². The van der Waals surface area contributed by atoms with Crippen LogP contribution in [0.15, 0.2) is 34.1 Å². The Kier molecular flexibility index (Phi) is 7.75. The summed E-state index contributed by atoms with van der Waals surface area (Å²) in [4.78, 5) is 0. The van der Waals surface area contributed by atoms with Gasteiger partial charge in [-0.15, -0.1) is 0 Å². The van der Waals surface area contributed by atoms with Crippen LogP contribution in [0.3, 0.4) is 0 Å². The van der Waals surface area contributed by atoms with Gasteiger partial charge in [-0.3, -0.25) is 0 Å². The molecule has 0 nitrogen and oxygen atoms in total. The van der Waals surface area contributed by atoms with Crippen LogP contribution >= 0.6 is 11.8 Å². The predicted molar refractivity (Wildman–Crippen MR) is 78.0 cm³/mol. The molecule has 1 rings (SSSR count). The van der Waals surface area contributed by atoms with Crippen LogP contribution in [0.4, 0.5) is 0 Å². The standard InChI is InChI=1S/C14H20SSe/c1-3-5-11-15-14(16-4-2)12-13-9-7-6-8-10-13/h6-10,12H,3-5,11H2,1-2H3/b14-12-. The van der Waals surface area contributed by atoms with E-state index in [0.29, 0.717) is 15.0 Å². The van der Waals surface area contributed by atoms with Crippen LogP contribution in [0, 0.1) is 0 Å². The second-order valence-electron chi connectivity index (χ2n) is 3.51. The Hall–Kier alpha value is -0.171. The van der Waals surface area contributed by atoms with Gasteiger partial charge in [-0.2, -0.15) is 0 Å². The summed E-state index contributed by atoms with van der Waals surface area (Å²) in [5.41, 5.74) is 1.34. The molecule has 1 aromatic carbocycles. The van der Waals surface area contributed by atoms with E-state index < -0.39 is 0 Å². The molecule has 0 unspecified atom stereocenters. The van der Waals surface area contributed by atoms with Crippen molar-refractivity contribution in [1.29, 1.82) is 0 Å². The summed E-state index contributed by atoms with van der Waals surface area (Å²) >= 11 is 2.72. The SMILES string of the molecule is CCCCS/C(=C/c1ccccc1)[Se]CC. The predicted octanol–water partition coefficient (Wildman–Crippen LogP) is 4.66. The second kappa shape index (κ2) is 8.92. The molecule has 16 heavy (non-hydrogen) atoms. The molecule has 0 aliphatic rings. The van der Waals surface area contributed by atoms with Gasteiger partial charge in [-0.25, -0.2) is 0 Å². The van der Waals surface area contributed by atoms with Crippen LogP contribution in [0.5, 0.6) is 0 Å². The topological polar surface area (TPSA) is 0 Å². The van der Waals surface area contributed by atoms with Crippen molar-refractivity contribution in [1.82, 2.24) is 0 Å². The number of hydrogen-bond donors (Lipinski definition) is 0. The fraction of sp³-hybridized carbons (Fsp3) is 0.429. The van der Waals surface area contributed by atoms with Gasteiger partial charge < -0.3 is 0 Å². The molecule has 0 radical (unpaired) electrons. The van der Waals surface area contributed by atoms with Gasteiger partial charge in [0.1, 0.15) is 0 Å². The van der Waals surface area contributed by atoms with Crippen molar-refractivity contribution in [2.24, 2.45) is 0 Å². The van der Waals surface area contributed by atoms with E-state index in [1.165, 1.54) is 29.5 Å². The van der Waals surface area contributed by atoms with Crippen LogP contribution in [0.1, 0.15) is 32.3 Å². The van der Waals surface area contributed by atoms with Crippen LogP contribution in [-0.2, 0) is 0 Å². The molecule has 0 N–H and O–H groups in total. The van der Waals surface area contributed by atoms with Crippen molar-refractivity contribution >= 4 is 32.8 Å². The van der Waals surface area contributed by atoms with Crippen molar-refractivity contribution in [3.8, 4) is 0 Å². The molecule has 0 fully saturated rings. The minimum absolute atomic E-state index is 0.661. The van der Waals surface area contributed by atoms with E-state index in [-0.39, 0.29) is 0 Å². The van der Waals surface area contributed by atoms with Gasteiger partial charge in [0.2, 0.25) is 0 Å². The summed E-state index contributed by atoms with van der Waals surface area (Å²) in [6.45, 7) is 4.53. The number of thioether (sulfide) groups is 1. The van der Waals surface area contributed by atoms with E-state index >= 15 is 0 Å². The first-order valence-corrected chi connectivity index (χ1v) is 8.94. The summed E-state index contributed by atoms with van der Waals surface area (Å²) in [5.74, 6) is 1.27. The molecule has 0 heterocycles.